The van der Waals surface area contributed by atoms with Crippen molar-refractivity contribution < 1.29 is 4.79 Å². The molecule has 0 spiro atoms. The van der Waals surface area contributed by atoms with Crippen molar-refractivity contribution in [2.24, 2.45) is 0 Å². The maximum atomic E-state index is 11.8. The molecule has 1 rings (SSSR count). The first kappa shape index (κ1) is 13.2. The fourth-order valence-corrected chi connectivity index (χ4v) is 2.36. The van der Waals surface area contributed by atoms with Crippen molar-refractivity contribution in [1.82, 2.24) is 5.32 Å². The quantitative estimate of drug-likeness (QED) is 0.894. The van der Waals surface area contributed by atoms with Crippen molar-refractivity contribution in [1.29, 1.82) is 5.26 Å². The topological polar surface area (TPSA) is 52.9 Å². The van der Waals surface area contributed by atoms with E-state index in [1.165, 1.54) is 0 Å². The van der Waals surface area contributed by atoms with Crippen molar-refractivity contribution in [2.75, 3.05) is 0 Å². The van der Waals surface area contributed by atoms with Gasteiger partial charge < -0.3 is 5.32 Å². The Morgan fingerprint density at radius 1 is 1.31 bits per heavy atom. The van der Waals surface area contributed by atoms with Crippen LogP contribution in [0.1, 0.15) is 24.2 Å². The molecule has 5 heteroatoms. The second-order valence-corrected chi connectivity index (χ2v) is 5.68. The molecule has 0 aliphatic rings. The molecule has 1 aromatic carbocycles. The van der Waals surface area contributed by atoms with Gasteiger partial charge in [-0.2, -0.15) is 5.26 Å². The highest BCUT2D eigenvalue weighted by Gasteiger charge is 2.20. The number of hydrogen-bond donors (Lipinski definition) is 1. The molecule has 0 aromatic heterocycles. The number of nitrogens with zero attached hydrogens (tertiary/aromatic N) is 1. The molecule has 1 N–H and O–H groups in total. The predicted molar refractivity (Wildman–Crippen MR) is 69.0 cm³/mol. The van der Waals surface area contributed by atoms with Crippen molar-refractivity contribution in [3.63, 3.8) is 0 Å². The standard InChI is InChI=1S/C11H10Br2N2O/c1-11(2,6-14)15-10(16)7-3-8(12)5-9(13)4-7/h3-5H,1-2H3,(H,15,16). The van der Waals surface area contributed by atoms with Crippen LogP contribution in [-0.4, -0.2) is 11.4 Å². The highest BCUT2D eigenvalue weighted by Crippen LogP contribution is 2.20. The Morgan fingerprint density at radius 3 is 2.25 bits per heavy atom. The highest BCUT2D eigenvalue weighted by atomic mass is 79.9. The maximum Gasteiger partial charge on any atom is 0.252 e. The minimum absolute atomic E-state index is 0.270. The van der Waals surface area contributed by atoms with Gasteiger partial charge in [0.2, 0.25) is 0 Å². The largest absolute Gasteiger partial charge is 0.334 e. The molecule has 0 heterocycles. The van der Waals surface area contributed by atoms with Crippen LogP contribution in [0.5, 0.6) is 0 Å². The summed E-state index contributed by atoms with van der Waals surface area (Å²) in [5, 5.41) is 11.5. The Labute approximate surface area is 111 Å². The van der Waals surface area contributed by atoms with Gasteiger partial charge in [-0.15, -0.1) is 0 Å². The SMILES string of the molecule is CC(C)(C#N)NC(=O)c1cc(Br)cc(Br)c1. The number of carbonyl (C=O) groups excluding carboxylic acids is 1. The van der Waals surface area contributed by atoms with Gasteiger partial charge in [0, 0.05) is 14.5 Å². The van der Waals surface area contributed by atoms with Crippen LogP contribution in [0.25, 0.3) is 0 Å². The Hall–Kier alpha value is -0.860. The van der Waals surface area contributed by atoms with E-state index >= 15 is 0 Å². The van der Waals surface area contributed by atoms with Crippen LogP contribution in [0.15, 0.2) is 27.1 Å². The first-order chi connectivity index (χ1) is 7.34. The predicted octanol–water partition coefficient (Wildman–Crippen LogP) is 3.24. The molecule has 0 radical (unpaired) electrons. The molecule has 3 nitrogen and oxygen atoms in total. The lowest BCUT2D eigenvalue weighted by atomic mass is 10.1. The smallest absolute Gasteiger partial charge is 0.252 e. The van der Waals surface area contributed by atoms with Gasteiger partial charge in [-0.25, -0.2) is 0 Å². The van der Waals surface area contributed by atoms with E-state index in [-0.39, 0.29) is 5.91 Å². The second kappa shape index (κ2) is 4.98. The highest BCUT2D eigenvalue weighted by molar-refractivity contribution is 9.11. The van der Waals surface area contributed by atoms with E-state index in [2.05, 4.69) is 37.2 Å². The van der Waals surface area contributed by atoms with E-state index in [0.717, 1.165) is 8.95 Å². The molecule has 0 aliphatic carbocycles. The average molecular weight is 346 g/mol. The number of nitriles is 1. The van der Waals surface area contributed by atoms with Gasteiger partial charge >= 0.3 is 0 Å². The van der Waals surface area contributed by atoms with Crippen LogP contribution in [0.2, 0.25) is 0 Å². The summed E-state index contributed by atoms with van der Waals surface area (Å²) >= 11 is 6.61. The lowest BCUT2D eigenvalue weighted by Crippen LogP contribution is -2.42. The van der Waals surface area contributed by atoms with Gasteiger partial charge in [0.1, 0.15) is 5.54 Å². The first-order valence-corrected chi connectivity index (χ1v) is 6.12. The van der Waals surface area contributed by atoms with E-state index in [0.29, 0.717) is 5.56 Å². The number of benzene rings is 1. The van der Waals surface area contributed by atoms with Crippen LogP contribution in [0.4, 0.5) is 0 Å². The van der Waals surface area contributed by atoms with Gasteiger partial charge in [0.05, 0.1) is 6.07 Å². The zero-order valence-electron chi connectivity index (χ0n) is 8.84. The summed E-state index contributed by atoms with van der Waals surface area (Å²) in [7, 11) is 0. The third kappa shape index (κ3) is 3.62. The summed E-state index contributed by atoms with van der Waals surface area (Å²) in [6.07, 6.45) is 0. The minimum Gasteiger partial charge on any atom is -0.334 e. The summed E-state index contributed by atoms with van der Waals surface area (Å²) in [6.45, 7) is 3.30. The number of hydrogen-bond acceptors (Lipinski definition) is 2. The molecule has 0 fully saturated rings. The van der Waals surface area contributed by atoms with Crippen molar-refractivity contribution in [2.45, 2.75) is 19.4 Å². The molecule has 0 unspecified atom stereocenters. The van der Waals surface area contributed by atoms with Crippen LogP contribution in [0, 0.1) is 11.3 Å². The molecule has 0 saturated carbocycles. The average Bonchev–Trinajstić information content (AvgIpc) is 2.15. The Morgan fingerprint density at radius 2 is 1.81 bits per heavy atom. The van der Waals surface area contributed by atoms with E-state index in [4.69, 9.17) is 5.26 Å². The third-order valence-electron chi connectivity index (χ3n) is 1.83. The number of amides is 1. The fraction of sp³-hybridized carbons (Fsp3) is 0.273. The summed E-state index contributed by atoms with van der Waals surface area (Å²) in [5.41, 5.74) is -0.365. The van der Waals surface area contributed by atoms with E-state index in [1.807, 2.05) is 12.1 Å². The van der Waals surface area contributed by atoms with Gasteiger partial charge in [-0.05, 0) is 32.0 Å². The molecule has 84 valence electrons. The molecule has 1 amide bonds. The van der Waals surface area contributed by atoms with Gasteiger partial charge in [-0.3, -0.25) is 4.79 Å². The summed E-state index contributed by atoms with van der Waals surface area (Å²) in [4.78, 5) is 11.8. The molecule has 0 aliphatic heterocycles. The van der Waals surface area contributed by atoms with Crippen LogP contribution in [0.3, 0.4) is 0 Å². The molecule has 16 heavy (non-hydrogen) atoms. The van der Waals surface area contributed by atoms with Crippen molar-refractivity contribution in [3.8, 4) is 6.07 Å². The van der Waals surface area contributed by atoms with Crippen molar-refractivity contribution >= 4 is 37.8 Å². The summed E-state index contributed by atoms with van der Waals surface area (Å²) < 4.78 is 1.61. The molecular weight excluding hydrogens is 336 g/mol. The van der Waals surface area contributed by atoms with Crippen LogP contribution >= 0.6 is 31.9 Å². The Kier molecular flexibility index (Phi) is 4.11. The molecule has 0 bridgehead atoms. The molecule has 0 atom stereocenters. The van der Waals surface area contributed by atoms with E-state index in [1.54, 1.807) is 26.0 Å². The maximum absolute atomic E-state index is 11.8. The lowest BCUT2D eigenvalue weighted by Gasteiger charge is -2.17. The van der Waals surface area contributed by atoms with E-state index < -0.39 is 5.54 Å². The third-order valence-corrected chi connectivity index (χ3v) is 2.75. The summed E-state index contributed by atoms with van der Waals surface area (Å²) in [5.74, 6) is -0.270. The first-order valence-electron chi connectivity index (χ1n) is 4.54. The monoisotopic (exact) mass is 344 g/mol. The van der Waals surface area contributed by atoms with E-state index in [9.17, 15) is 4.79 Å². The second-order valence-electron chi connectivity index (χ2n) is 3.85. The van der Waals surface area contributed by atoms with Gasteiger partial charge in [0.25, 0.3) is 5.91 Å². The lowest BCUT2D eigenvalue weighted by molar-refractivity contribution is 0.0929. The summed E-state index contributed by atoms with van der Waals surface area (Å²) in [6, 6.07) is 7.26. The van der Waals surface area contributed by atoms with Gasteiger partial charge in [-0.1, -0.05) is 31.9 Å². The zero-order valence-corrected chi connectivity index (χ0v) is 12.0. The molecule has 1 aromatic rings. The number of carbonyl (C=O) groups is 1. The number of nitrogens with one attached hydrogen (secondary N) is 1. The minimum atomic E-state index is -0.869. The van der Waals surface area contributed by atoms with Crippen LogP contribution in [-0.2, 0) is 0 Å². The number of rotatable bonds is 2. The molecular formula is C11H10Br2N2O. The van der Waals surface area contributed by atoms with Gasteiger partial charge in [0.15, 0.2) is 0 Å². The fourth-order valence-electron chi connectivity index (χ4n) is 1.07. The van der Waals surface area contributed by atoms with Crippen LogP contribution < -0.4 is 5.32 Å². The normalized spacial score (nSPS) is 10.7. The number of halogens is 2. The Balaban J connectivity index is 2.94. The molecule has 0 saturated heterocycles. The Bertz CT molecular complexity index is 443. The zero-order chi connectivity index (χ0) is 12.3. The van der Waals surface area contributed by atoms with Crippen molar-refractivity contribution in [3.05, 3.63) is 32.7 Å².